The van der Waals surface area contributed by atoms with E-state index in [0.29, 0.717) is 11.7 Å². The number of hydrogen-bond acceptors (Lipinski definition) is 7. The zero-order chi connectivity index (χ0) is 16.1. The van der Waals surface area contributed by atoms with Crippen LogP contribution in [0.1, 0.15) is 37.1 Å². The highest BCUT2D eigenvalue weighted by Crippen LogP contribution is 2.23. The summed E-state index contributed by atoms with van der Waals surface area (Å²) >= 11 is 2.90. The Hall–Kier alpha value is -1.48. The topological polar surface area (TPSA) is 85.6 Å². The van der Waals surface area contributed by atoms with Gasteiger partial charge in [-0.3, -0.25) is 9.48 Å². The first kappa shape index (κ1) is 16.9. The van der Waals surface area contributed by atoms with Gasteiger partial charge in [-0.2, -0.15) is 5.10 Å². The molecule has 0 aliphatic carbocycles. The molecule has 2 aromatic rings. The Morgan fingerprint density at radius 3 is 2.77 bits per heavy atom. The van der Waals surface area contributed by atoms with Gasteiger partial charge < -0.3 is 5.32 Å². The van der Waals surface area contributed by atoms with Crippen molar-refractivity contribution in [3.8, 4) is 0 Å². The van der Waals surface area contributed by atoms with Crippen molar-refractivity contribution in [2.75, 3.05) is 5.75 Å². The van der Waals surface area contributed by atoms with Crippen LogP contribution in [-0.4, -0.2) is 36.6 Å². The molecule has 0 aliphatic heterocycles. The monoisotopic (exact) mass is 340 g/mol. The van der Waals surface area contributed by atoms with Gasteiger partial charge in [0.2, 0.25) is 5.91 Å². The molecular weight excluding hydrogens is 320 g/mol. The summed E-state index contributed by atoms with van der Waals surface area (Å²) in [5.41, 5.74) is 0. The van der Waals surface area contributed by atoms with E-state index >= 15 is 0 Å². The Morgan fingerprint density at radius 1 is 1.45 bits per heavy atom. The molecule has 0 radical (unpaired) electrons. The van der Waals surface area contributed by atoms with E-state index in [2.05, 4.69) is 39.4 Å². The molecule has 7 nitrogen and oxygen atoms in total. The first-order chi connectivity index (χ1) is 10.5. The summed E-state index contributed by atoms with van der Waals surface area (Å²) < 4.78 is 2.51. The van der Waals surface area contributed by atoms with Crippen LogP contribution in [0.3, 0.4) is 0 Å². The third-order valence-electron chi connectivity index (χ3n) is 2.93. The molecule has 1 atom stereocenters. The predicted octanol–water partition coefficient (Wildman–Crippen LogP) is 1.97. The molecule has 0 aromatic carbocycles. The molecule has 0 bridgehead atoms. The van der Waals surface area contributed by atoms with Gasteiger partial charge in [0.15, 0.2) is 4.34 Å². The van der Waals surface area contributed by atoms with E-state index in [1.807, 2.05) is 14.0 Å². The number of nitrogens with one attached hydrogen (secondary N) is 1. The highest BCUT2D eigenvalue weighted by atomic mass is 32.2. The molecular formula is C13H20N6OS2. The summed E-state index contributed by atoms with van der Waals surface area (Å²) in [5.74, 6) is 1.51. The zero-order valence-electron chi connectivity index (χ0n) is 13.1. The smallest absolute Gasteiger partial charge is 0.231 e. The van der Waals surface area contributed by atoms with Crippen LogP contribution >= 0.6 is 23.1 Å². The third kappa shape index (κ3) is 4.77. The van der Waals surface area contributed by atoms with Gasteiger partial charge >= 0.3 is 0 Å². The molecule has 9 heteroatoms. The van der Waals surface area contributed by atoms with Crippen LogP contribution in [0.15, 0.2) is 10.7 Å². The van der Waals surface area contributed by atoms with Crippen LogP contribution in [0.2, 0.25) is 0 Å². The van der Waals surface area contributed by atoms with Crippen LogP contribution in [-0.2, 0) is 11.8 Å². The molecule has 120 valence electrons. The largest absolute Gasteiger partial charge is 0.345 e. The summed E-state index contributed by atoms with van der Waals surface area (Å²) in [6.07, 6.45) is 2.33. The molecule has 0 fully saturated rings. The lowest BCUT2D eigenvalue weighted by Crippen LogP contribution is -2.32. The number of carbonyl (C=O) groups is 1. The van der Waals surface area contributed by atoms with E-state index in [-0.39, 0.29) is 11.9 Å². The second-order valence-electron chi connectivity index (χ2n) is 5.37. The molecule has 2 rings (SSSR count). The summed E-state index contributed by atoms with van der Waals surface area (Å²) in [6.45, 7) is 6.14. The fraction of sp³-hybridized carbons (Fsp3) is 0.615. The quantitative estimate of drug-likeness (QED) is 0.776. The number of aromatic nitrogens is 5. The van der Waals surface area contributed by atoms with Crippen molar-refractivity contribution in [2.45, 2.75) is 37.6 Å². The number of carbonyl (C=O) groups excluding carboxylic acids is 1. The number of amides is 1. The number of hydrogen-bond donors (Lipinski definition) is 1. The Morgan fingerprint density at radius 2 is 2.23 bits per heavy atom. The van der Waals surface area contributed by atoms with Gasteiger partial charge in [0.25, 0.3) is 0 Å². The molecule has 1 N–H and O–H groups in total. The van der Waals surface area contributed by atoms with Crippen LogP contribution in [0, 0.1) is 12.8 Å². The Labute approximate surface area is 137 Å². The number of nitrogens with zero attached hydrogens (tertiary/aromatic N) is 5. The molecule has 0 aliphatic rings. The van der Waals surface area contributed by atoms with Crippen molar-refractivity contribution in [3.63, 3.8) is 0 Å². The lowest BCUT2D eigenvalue weighted by Gasteiger charge is -2.19. The van der Waals surface area contributed by atoms with Crippen LogP contribution in [0.4, 0.5) is 0 Å². The van der Waals surface area contributed by atoms with Crippen molar-refractivity contribution in [2.24, 2.45) is 13.0 Å². The fourth-order valence-corrected chi connectivity index (χ4v) is 3.65. The Bertz CT molecular complexity index is 624. The minimum Gasteiger partial charge on any atom is -0.345 e. The van der Waals surface area contributed by atoms with Gasteiger partial charge in [-0.15, -0.1) is 10.2 Å². The minimum atomic E-state index is -0.128. The molecule has 2 aromatic heterocycles. The standard InChI is InChI=1S/C13H20N6OS2/c1-8(2)5-10(12-14-7-15-19(12)4)16-11(20)6-21-13-18-17-9(3)22-13/h7-8,10H,5-6H2,1-4H3,(H,16,20)/t10-/m0/s1. The highest BCUT2D eigenvalue weighted by molar-refractivity contribution is 8.01. The summed E-state index contributed by atoms with van der Waals surface area (Å²) in [4.78, 5) is 16.4. The summed E-state index contributed by atoms with van der Waals surface area (Å²) in [6, 6.07) is -0.128. The van der Waals surface area contributed by atoms with Gasteiger partial charge in [0.1, 0.15) is 17.2 Å². The van der Waals surface area contributed by atoms with E-state index in [1.54, 1.807) is 4.68 Å². The van der Waals surface area contributed by atoms with E-state index in [4.69, 9.17) is 0 Å². The third-order valence-corrected chi connectivity index (χ3v) is 4.91. The van der Waals surface area contributed by atoms with E-state index in [0.717, 1.165) is 21.6 Å². The zero-order valence-corrected chi connectivity index (χ0v) is 14.7. The van der Waals surface area contributed by atoms with Gasteiger partial charge in [0.05, 0.1) is 11.8 Å². The first-order valence-corrected chi connectivity index (χ1v) is 8.82. The maximum atomic E-state index is 12.2. The summed E-state index contributed by atoms with van der Waals surface area (Å²) in [7, 11) is 1.83. The molecule has 2 heterocycles. The van der Waals surface area contributed by atoms with Crippen LogP contribution < -0.4 is 5.32 Å². The molecule has 0 spiro atoms. The van der Waals surface area contributed by atoms with Crippen molar-refractivity contribution in [3.05, 3.63) is 17.2 Å². The van der Waals surface area contributed by atoms with Crippen molar-refractivity contribution in [1.29, 1.82) is 0 Å². The Kier molecular flexibility index (Phi) is 5.90. The van der Waals surface area contributed by atoms with E-state index in [1.165, 1.54) is 29.4 Å². The lowest BCUT2D eigenvalue weighted by molar-refractivity contribution is -0.119. The van der Waals surface area contributed by atoms with E-state index in [9.17, 15) is 4.79 Å². The second-order valence-corrected chi connectivity index (χ2v) is 7.77. The second kappa shape index (κ2) is 7.68. The van der Waals surface area contributed by atoms with Gasteiger partial charge in [0, 0.05) is 7.05 Å². The number of rotatable bonds is 7. The predicted molar refractivity (Wildman–Crippen MR) is 86.7 cm³/mol. The average molecular weight is 340 g/mol. The maximum absolute atomic E-state index is 12.2. The van der Waals surface area contributed by atoms with Crippen molar-refractivity contribution < 1.29 is 4.79 Å². The highest BCUT2D eigenvalue weighted by Gasteiger charge is 2.20. The maximum Gasteiger partial charge on any atom is 0.231 e. The van der Waals surface area contributed by atoms with Crippen LogP contribution in [0.5, 0.6) is 0 Å². The Balaban J connectivity index is 1.94. The van der Waals surface area contributed by atoms with Crippen LogP contribution in [0.25, 0.3) is 0 Å². The normalized spacial score (nSPS) is 12.6. The van der Waals surface area contributed by atoms with Gasteiger partial charge in [-0.1, -0.05) is 36.9 Å². The van der Waals surface area contributed by atoms with Gasteiger partial charge in [-0.05, 0) is 19.3 Å². The minimum absolute atomic E-state index is 0.0356. The van der Waals surface area contributed by atoms with Crippen molar-refractivity contribution >= 4 is 29.0 Å². The molecule has 0 unspecified atom stereocenters. The van der Waals surface area contributed by atoms with E-state index < -0.39 is 0 Å². The van der Waals surface area contributed by atoms with Gasteiger partial charge in [-0.25, -0.2) is 4.98 Å². The molecule has 0 saturated carbocycles. The SMILES string of the molecule is Cc1nnc(SCC(=O)N[C@@H](CC(C)C)c2ncnn2C)s1. The summed E-state index contributed by atoms with van der Waals surface area (Å²) in [5, 5.41) is 16.0. The first-order valence-electron chi connectivity index (χ1n) is 7.02. The fourth-order valence-electron chi connectivity index (χ4n) is 2.02. The molecule has 22 heavy (non-hydrogen) atoms. The lowest BCUT2D eigenvalue weighted by atomic mass is 10.0. The molecule has 0 saturated heterocycles. The molecule has 1 amide bonds. The number of aryl methyl sites for hydroxylation is 2. The number of thioether (sulfide) groups is 1. The van der Waals surface area contributed by atoms with Crippen molar-refractivity contribution in [1.82, 2.24) is 30.3 Å². The average Bonchev–Trinajstić information content (AvgIpc) is 3.04.